The normalized spacial score (nSPS) is 31.0. The van der Waals surface area contributed by atoms with Crippen LogP contribution in [0.15, 0.2) is 0 Å². The lowest BCUT2D eigenvalue weighted by Crippen LogP contribution is -2.59. The van der Waals surface area contributed by atoms with Gasteiger partial charge in [-0.15, -0.1) is 0 Å². The summed E-state index contributed by atoms with van der Waals surface area (Å²) in [6.45, 7) is 2.11. The third-order valence-corrected chi connectivity index (χ3v) is 6.27. The molecule has 1 atom stereocenters. The lowest BCUT2D eigenvalue weighted by molar-refractivity contribution is -0.156. The van der Waals surface area contributed by atoms with E-state index in [0.717, 1.165) is 31.8 Å². The average Bonchev–Trinajstić information content (AvgIpc) is 3.09. The zero-order chi connectivity index (χ0) is 16.1. The molecule has 0 spiro atoms. The molecule has 1 aliphatic heterocycles. The lowest BCUT2D eigenvalue weighted by Gasteiger charge is -2.39. The van der Waals surface area contributed by atoms with Gasteiger partial charge in [-0.25, -0.2) is 0 Å². The third kappa shape index (κ3) is 4.48. The number of hydrogen-bond acceptors (Lipinski definition) is 3. The molecule has 23 heavy (non-hydrogen) atoms. The van der Waals surface area contributed by atoms with E-state index < -0.39 is 5.60 Å². The largest absolute Gasteiger partial charge is 0.379 e. The van der Waals surface area contributed by atoms with E-state index in [0.29, 0.717) is 19.0 Å². The molecule has 0 aromatic carbocycles. The van der Waals surface area contributed by atoms with E-state index in [1.807, 2.05) is 4.90 Å². The fourth-order valence-electron chi connectivity index (χ4n) is 4.70. The van der Waals surface area contributed by atoms with Crippen molar-refractivity contribution in [1.82, 2.24) is 10.2 Å². The van der Waals surface area contributed by atoms with Crippen LogP contribution in [0.4, 0.5) is 0 Å². The van der Waals surface area contributed by atoms with Gasteiger partial charge in [-0.2, -0.15) is 0 Å². The molecule has 1 saturated heterocycles. The lowest BCUT2D eigenvalue weighted by atomic mass is 9.86. The Kier molecular flexibility index (Phi) is 5.97. The number of likely N-dealkylation sites (tertiary alicyclic amines) is 1. The van der Waals surface area contributed by atoms with E-state index in [9.17, 15) is 9.90 Å². The van der Waals surface area contributed by atoms with Gasteiger partial charge in [0, 0.05) is 25.7 Å². The van der Waals surface area contributed by atoms with Crippen LogP contribution in [0.3, 0.4) is 0 Å². The predicted molar refractivity (Wildman–Crippen MR) is 92.2 cm³/mol. The summed E-state index contributed by atoms with van der Waals surface area (Å²) < 4.78 is 0. The van der Waals surface area contributed by atoms with Crippen LogP contribution in [-0.4, -0.2) is 47.2 Å². The minimum Gasteiger partial charge on any atom is -0.379 e. The SMILES string of the molecule is O=C1N(CCC2CCCCC2)CCCC1(O)CNC1CCCC1. The van der Waals surface area contributed by atoms with Gasteiger partial charge in [0.05, 0.1) is 0 Å². The van der Waals surface area contributed by atoms with E-state index >= 15 is 0 Å². The van der Waals surface area contributed by atoms with Crippen LogP contribution in [0.2, 0.25) is 0 Å². The van der Waals surface area contributed by atoms with Crippen molar-refractivity contribution >= 4 is 5.91 Å². The molecule has 0 aromatic rings. The molecule has 1 unspecified atom stereocenters. The van der Waals surface area contributed by atoms with Crippen LogP contribution in [0.25, 0.3) is 0 Å². The van der Waals surface area contributed by atoms with Gasteiger partial charge in [-0.05, 0) is 38.0 Å². The Balaban J connectivity index is 1.47. The quantitative estimate of drug-likeness (QED) is 0.790. The predicted octanol–water partition coefficient (Wildman–Crippen LogP) is 2.84. The first-order valence-electron chi connectivity index (χ1n) is 9.92. The smallest absolute Gasteiger partial charge is 0.255 e. The van der Waals surface area contributed by atoms with E-state index in [1.165, 1.54) is 57.8 Å². The summed E-state index contributed by atoms with van der Waals surface area (Å²) in [5.41, 5.74) is -1.16. The molecule has 0 radical (unpaired) electrons. The molecule has 4 nitrogen and oxygen atoms in total. The maximum Gasteiger partial charge on any atom is 0.255 e. The third-order valence-electron chi connectivity index (χ3n) is 6.27. The van der Waals surface area contributed by atoms with Gasteiger partial charge >= 0.3 is 0 Å². The Morgan fingerprint density at radius 3 is 2.48 bits per heavy atom. The van der Waals surface area contributed by atoms with Crippen molar-refractivity contribution in [3.05, 3.63) is 0 Å². The van der Waals surface area contributed by atoms with Crippen LogP contribution in [-0.2, 0) is 4.79 Å². The fourth-order valence-corrected chi connectivity index (χ4v) is 4.70. The van der Waals surface area contributed by atoms with Crippen molar-refractivity contribution in [3.63, 3.8) is 0 Å². The van der Waals surface area contributed by atoms with Crippen LogP contribution < -0.4 is 5.32 Å². The summed E-state index contributed by atoms with van der Waals surface area (Å²) in [7, 11) is 0. The second kappa shape index (κ2) is 7.98. The average molecular weight is 322 g/mol. The highest BCUT2D eigenvalue weighted by Gasteiger charge is 2.42. The van der Waals surface area contributed by atoms with Crippen LogP contribution >= 0.6 is 0 Å². The number of rotatable bonds is 6. The summed E-state index contributed by atoms with van der Waals surface area (Å²) in [5, 5.41) is 14.3. The summed E-state index contributed by atoms with van der Waals surface area (Å²) >= 11 is 0. The molecule has 4 heteroatoms. The zero-order valence-electron chi connectivity index (χ0n) is 14.6. The van der Waals surface area contributed by atoms with Crippen LogP contribution in [0.1, 0.15) is 77.0 Å². The summed E-state index contributed by atoms with van der Waals surface area (Å²) in [4.78, 5) is 14.7. The molecule has 1 amide bonds. The maximum absolute atomic E-state index is 12.8. The second-order valence-electron chi connectivity index (χ2n) is 8.08. The molecule has 0 aromatic heterocycles. The minimum absolute atomic E-state index is 0.0231. The molecule has 3 fully saturated rings. The fraction of sp³-hybridized carbons (Fsp3) is 0.947. The first kappa shape index (κ1) is 17.2. The molecule has 0 bridgehead atoms. The zero-order valence-corrected chi connectivity index (χ0v) is 14.6. The highest BCUT2D eigenvalue weighted by atomic mass is 16.3. The van der Waals surface area contributed by atoms with Gasteiger partial charge in [0.25, 0.3) is 5.91 Å². The molecular weight excluding hydrogens is 288 g/mol. The Morgan fingerprint density at radius 2 is 1.74 bits per heavy atom. The Bertz CT molecular complexity index is 389. The molecule has 3 rings (SSSR count). The molecule has 1 heterocycles. The molecule has 132 valence electrons. The second-order valence-corrected chi connectivity index (χ2v) is 8.08. The number of nitrogens with zero attached hydrogens (tertiary/aromatic N) is 1. The van der Waals surface area contributed by atoms with Gasteiger partial charge in [0.2, 0.25) is 0 Å². The molecule has 2 saturated carbocycles. The number of piperidine rings is 1. The molecule has 2 N–H and O–H groups in total. The van der Waals surface area contributed by atoms with Crippen molar-refractivity contribution in [3.8, 4) is 0 Å². The van der Waals surface area contributed by atoms with E-state index in [4.69, 9.17) is 0 Å². The minimum atomic E-state index is -1.16. The monoisotopic (exact) mass is 322 g/mol. The van der Waals surface area contributed by atoms with Crippen molar-refractivity contribution in [2.75, 3.05) is 19.6 Å². The van der Waals surface area contributed by atoms with E-state index in [-0.39, 0.29) is 5.91 Å². The standard InChI is InChI=1S/C19H34N2O2/c22-18-19(23,15-20-17-9-4-5-10-17)12-6-13-21(18)14-11-16-7-2-1-3-8-16/h16-17,20,23H,1-15H2. The Morgan fingerprint density at radius 1 is 1.04 bits per heavy atom. The van der Waals surface area contributed by atoms with Gasteiger partial charge < -0.3 is 15.3 Å². The Hall–Kier alpha value is -0.610. The van der Waals surface area contributed by atoms with E-state index in [1.54, 1.807) is 0 Å². The van der Waals surface area contributed by atoms with Gasteiger partial charge in [-0.1, -0.05) is 44.9 Å². The summed E-state index contributed by atoms with van der Waals surface area (Å²) in [6, 6.07) is 0.504. The van der Waals surface area contributed by atoms with Crippen LogP contribution in [0, 0.1) is 5.92 Å². The van der Waals surface area contributed by atoms with Crippen molar-refractivity contribution < 1.29 is 9.90 Å². The highest BCUT2D eigenvalue weighted by Crippen LogP contribution is 2.28. The van der Waals surface area contributed by atoms with Gasteiger partial charge in [0.15, 0.2) is 5.60 Å². The van der Waals surface area contributed by atoms with E-state index in [2.05, 4.69) is 5.32 Å². The summed E-state index contributed by atoms with van der Waals surface area (Å²) in [6.07, 6.45) is 14.3. The first-order chi connectivity index (χ1) is 11.2. The highest BCUT2D eigenvalue weighted by molar-refractivity contribution is 5.86. The number of carbonyl (C=O) groups is 1. The topological polar surface area (TPSA) is 52.6 Å². The number of hydrogen-bond donors (Lipinski definition) is 2. The summed E-state index contributed by atoms with van der Waals surface area (Å²) in [5.74, 6) is 0.772. The number of nitrogens with one attached hydrogen (secondary N) is 1. The number of aliphatic hydroxyl groups is 1. The Labute approximate surface area is 141 Å². The molecular formula is C19H34N2O2. The van der Waals surface area contributed by atoms with Crippen molar-refractivity contribution in [2.45, 2.75) is 88.7 Å². The van der Waals surface area contributed by atoms with Crippen molar-refractivity contribution in [1.29, 1.82) is 0 Å². The molecule has 2 aliphatic carbocycles. The maximum atomic E-state index is 12.8. The van der Waals surface area contributed by atoms with Gasteiger partial charge in [-0.3, -0.25) is 4.79 Å². The van der Waals surface area contributed by atoms with Crippen molar-refractivity contribution in [2.24, 2.45) is 5.92 Å². The number of amides is 1. The van der Waals surface area contributed by atoms with Gasteiger partial charge in [0.1, 0.15) is 0 Å². The number of carbonyl (C=O) groups excluding carboxylic acids is 1. The molecule has 3 aliphatic rings. The first-order valence-corrected chi connectivity index (χ1v) is 9.92. The van der Waals surface area contributed by atoms with Crippen LogP contribution in [0.5, 0.6) is 0 Å².